The molecule has 2 aromatic carbocycles. The van der Waals surface area contributed by atoms with Crippen LogP contribution in [0.1, 0.15) is 15.9 Å². The summed E-state index contributed by atoms with van der Waals surface area (Å²) < 4.78 is 0. The molecule has 3 nitrogen and oxygen atoms in total. The van der Waals surface area contributed by atoms with Crippen LogP contribution in [0.4, 0.5) is 11.4 Å². The number of anilines is 2. The normalized spacial score (nSPS) is 10.1. The molecule has 2 aromatic rings. The first-order valence-electron chi connectivity index (χ1n) is 6.62. The zero-order valence-electron chi connectivity index (χ0n) is 11.9. The number of hydrogen-bond donors (Lipinski definition) is 2. The molecule has 2 rings (SSSR count). The van der Waals surface area contributed by atoms with Crippen LogP contribution < -0.4 is 11.1 Å². The minimum Gasteiger partial charge on any atom is -0.398 e. The van der Waals surface area contributed by atoms with E-state index in [9.17, 15) is 4.79 Å². The molecule has 0 fully saturated rings. The van der Waals surface area contributed by atoms with Crippen LogP contribution in [0.2, 0.25) is 0 Å². The van der Waals surface area contributed by atoms with Crippen molar-refractivity contribution in [3.8, 4) is 0 Å². The average molecular weight is 298 g/mol. The highest BCUT2D eigenvalue weighted by atomic mass is 32.2. The number of rotatable bonds is 5. The molecular weight excluding hydrogens is 280 g/mol. The van der Waals surface area contributed by atoms with Crippen LogP contribution in [0.5, 0.6) is 0 Å². The number of carbonyl (C=O) groups excluding carboxylic acids is 1. The lowest BCUT2D eigenvalue weighted by Crippen LogP contribution is -2.13. The van der Waals surface area contributed by atoms with Crippen LogP contribution in [0.15, 0.2) is 60.0 Å². The molecule has 0 saturated carbocycles. The molecule has 3 N–H and O–H groups in total. The number of hydrogen-bond acceptors (Lipinski definition) is 3. The Morgan fingerprint density at radius 3 is 2.81 bits per heavy atom. The Hall–Kier alpha value is -2.20. The number of thioether (sulfide) groups is 1. The Labute approximate surface area is 129 Å². The standard InChI is InChI=1S/C17H18N2OS/c1-3-10-21-16-7-5-4-6-15(16)19-17(20)13-9-8-12(2)14(18)11-13/h3-9,11H,1,10,18H2,2H3,(H,19,20). The molecule has 1 amide bonds. The van der Waals surface area contributed by atoms with Crippen molar-refractivity contribution < 1.29 is 4.79 Å². The summed E-state index contributed by atoms with van der Waals surface area (Å²) in [6, 6.07) is 13.0. The van der Waals surface area contributed by atoms with Crippen molar-refractivity contribution >= 4 is 29.0 Å². The zero-order chi connectivity index (χ0) is 15.2. The number of nitrogens with two attached hydrogens (primary N) is 1. The molecule has 0 spiro atoms. The first-order valence-corrected chi connectivity index (χ1v) is 7.60. The summed E-state index contributed by atoms with van der Waals surface area (Å²) >= 11 is 1.63. The molecule has 0 bridgehead atoms. The number of carbonyl (C=O) groups is 1. The molecule has 0 radical (unpaired) electrons. The number of amides is 1. The van der Waals surface area contributed by atoms with E-state index in [1.54, 1.807) is 23.9 Å². The van der Waals surface area contributed by atoms with E-state index in [4.69, 9.17) is 5.73 Å². The van der Waals surface area contributed by atoms with E-state index in [0.29, 0.717) is 11.3 Å². The van der Waals surface area contributed by atoms with E-state index in [2.05, 4.69) is 11.9 Å². The Morgan fingerprint density at radius 1 is 1.33 bits per heavy atom. The summed E-state index contributed by atoms with van der Waals surface area (Å²) in [6.45, 7) is 5.62. The second kappa shape index (κ2) is 6.99. The van der Waals surface area contributed by atoms with Gasteiger partial charge in [-0.25, -0.2) is 0 Å². The number of nitrogen functional groups attached to an aromatic ring is 1. The molecule has 0 saturated heterocycles. The monoisotopic (exact) mass is 298 g/mol. The molecule has 0 heterocycles. The molecule has 21 heavy (non-hydrogen) atoms. The predicted octanol–water partition coefficient (Wildman–Crippen LogP) is 4.11. The van der Waals surface area contributed by atoms with Gasteiger partial charge in [0, 0.05) is 21.9 Å². The lowest BCUT2D eigenvalue weighted by molar-refractivity contribution is 0.102. The SMILES string of the molecule is C=CCSc1ccccc1NC(=O)c1ccc(C)c(N)c1. The van der Waals surface area contributed by atoms with E-state index in [-0.39, 0.29) is 5.91 Å². The summed E-state index contributed by atoms with van der Waals surface area (Å²) in [5, 5.41) is 2.93. The number of aryl methyl sites for hydroxylation is 1. The van der Waals surface area contributed by atoms with E-state index in [1.165, 1.54) is 0 Å². The van der Waals surface area contributed by atoms with Gasteiger partial charge in [-0.1, -0.05) is 24.3 Å². The molecule has 0 atom stereocenters. The average Bonchev–Trinajstić information content (AvgIpc) is 2.49. The molecule has 0 aliphatic rings. The highest BCUT2D eigenvalue weighted by Gasteiger charge is 2.10. The van der Waals surface area contributed by atoms with Crippen LogP contribution in [-0.2, 0) is 0 Å². The van der Waals surface area contributed by atoms with Gasteiger partial charge in [0.1, 0.15) is 0 Å². The van der Waals surface area contributed by atoms with E-state index >= 15 is 0 Å². The Morgan fingerprint density at radius 2 is 2.10 bits per heavy atom. The van der Waals surface area contributed by atoms with Crippen LogP contribution >= 0.6 is 11.8 Å². The predicted molar refractivity (Wildman–Crippen MR) is 90.9 cm³/mol. The number of benzene rings is 2. The van der Waals surface area contributed by atoms with Crippen molar-refractivity contribution in [3.05, 3.63) is 66.2 Å². The molecule has 0 aromatic heterocycles. The fraction of sp³-hybridized carbons (Fsp3) is 0.118. The van der Waals surface area contributed by atoms with Crippen LogP contribution in [0.3, 0.4) is 0 Å². The lowest BCUT2D eigenvalue weighted by Gasteiger charge is -2.11. The smallest absolute Gasteiger partial charge is 0.255 e. The van der Waals surface area contributed by atoms with E-state index < -0.39 is 0 Å². The molecule has 108 valence electrons. The van der Waals surface area contributed by atoms with Crippen molar-refractivity contribution in [2.45, 2.75) is 11.8 Å². The zero-order valence-corrected chi connectivity index (χ0v) is 12.7. The minimum absolute atomic E-state index is 0.159. The first-order chi connectivity index (χ1) is 10.1. The summed E-state index contributed by atoms with van der Waals surface area (Å²) in [5.41, 5.74) is 8.80. The van der Waals surface area contributed by atoms with Gasteiger partial charge in [-0.05, 0) is 36.8 Å². The van der Waals surface area contributed by atoms with Crippen molar-refractivity contribution in [2.24, 2.45) is 0 Å². The third kappa shape index (κ3) is 3.89. The maximum Gasteiger partial charge on any atom is 0.255 e. The van der Waals surface area contributed by atoms with Gasteiger partial charge in [-0.3, -0.25) is 4.79 Å². The van der Waals surface area contributed by atoms with Gasteiger partial charge in [0.05, 0.1) is 5.69 Å². The van der Waals surface area contributed by atoms with Crippen LogP contribution in [-0.4, -0.2) is 11.7 Å². The van der Waals surface area contributed by atoms with Gasteiger partial charge in [0.25, 0.3) is 5.91 Å². The van der Waals surface area contributed by atoms with Gasteiger partial charge in [-0.15, -0.1) is 18.3 Å². The summed E-state index contributed by atoms with van der Waals surface area (Å²) in [4.78, 5) is 13.3. The molecule has 0 aliphatic carbocycles. The number of para-hydroxylation sites is 1. The van der Waals surface area contributed by atoms with Crippen LogP contribution in [0.25, 0.3) is 0 Å². The highest BCUT2D eigenvalue weighted by molar-refractivity contribution is 7.99. The van der Waals surface area contributed by atoms with Crippen LogP contribution in [0, 0.1) is 6.92 Å². The molecular formula is C17H18N2OS. The van der Waals surface area contributed by atoms with Crippen molar-refractivity contribution in [3.63, 3.8) is 0 Å². The third-order valence-corrected chi connectivity index (χ3v) is 4.10. The van der Waals surface area contributed by atoms with E-state index in [0.717, 1.165) is 21.9 Å². The fourth-order valence-corrected chi connectivity index (χ4v) is 2.57. The van der Waals surface area contributed by atoms with Crippen molar-refractivity contribution in [1.82, 2.24) is 0 Å². The quantitative estimate of drug-likeness (QED) is 0.496. The summed E-state index contributed by atoms with van der Waals surface area (Å²) in [6.07, 6.45) is 1.84. The molecule has 0 unspecified atom stereocenters. The van der Waals surface area contributed by atoms with Gasteiger partial charge < -0.3 is 11.1 Å². The largest absolute Gasteiger partial charge is 0.398 e. The highest BCUT2D eigenvalue weighted by Crippen LogP contribution is 2.27. The van der Waals surface area contributed by atoms with Gasteiger partial charge in [0.2, 0.25) is 0 Å². The summed E-state index contributed by atoms with van der Waals surface area (Å²) in [5.74, 6) is 0.637. The minimum atomic E-state index is -0.159. The maximum atomic E-state index is 12.3. The molecule has 0 aliphatic heterocycles. The van der Waals surface area contributed by atoms with E-state index in [1.807, 2.05) is 43.3 Å². The Kier molecular flexibility index (Phi) is 5.06. The van der Waals surface area contributed by atoms with Gasteiger partial charge in [0.15, 0.2) is 0 Å². The Bertz CT molecular complexity index is 668. The Balaban J connectivity index is 2.19. The second-order valence-corrected chi connectivity index (χ2v) is 5.68. The van der Waals surface area contributed by atoms with Gasteiger partial charge in [-0.2, -0.15) is 0 Å². The summed E-state index contributed by atoms with van der Waals surface area (Å²) in [7, 11) is 0. The molecule has 4 heteroatoms. The van der Waals surface area contributed by atoms with Gasteiger partial charge >= 0.3 is 0 Å². The number of nitrogens with one attached hydrogen (secondary N) is 1. The first kappa shape index (κ1) is 15.2. The fourth-order valence-electron chi connectivity index (χ4n) is 1.82. The van der Waals surface area contributed by atoms with Crippen molar-refractivity contribution in [1.29, 1.82) is 0 Å². The third-order valence-electron chi connectivity index (χ3n) is 3.03. The second-order valence-electron chi connectivity index (χ2n) is 4.62. The van der Waals surface area contributed by atoms with Crippen molar-refractivity contribution in [2.75, 3.05) is 16.8 Å². The topological polar surface area (TPSA) is 55.1 Å². The maximum absolute atomic E-state index is 12.3. The lowest BCUT2D eigenvalue weighted by atomic mass is 10.1.